The molecule has 3 aromatic rings. The Morgan fingerprint density at radius 3 is 2.59 bits per heavy atom. The Hall–Kier alpha value is -3.54. The second kappa shape index (κ2) is 9.10. The molecule has 12 heteroatoms. The topological polar surface area (TPSA) is 123 Å². The number of hydrogen-bond acceptors (Lipinski definition) is 8. The highest BCUT2D eigenvalue weighted by Gasteiger charge is 2.15. The van der Waals surface area contributed by atoms with Crippen LogP contribution in [0.25, 0.3) is 0 Å². The van der Waals surface area contributed by atoms with Crippen LogP contribution < -0.4 is 16.6 Å². The number of nitrogen functional groups attached to an aromatic ring is 1. The summed E-state index contributed by atoms with van der Waals surface area (Å²) in [5.74, 6) is 3.52. The Labute approximate surface area is 168 Å². The maximum atomic E-state index is 13.6. The zero-order chi connectivity index (χ0) is 20.8. The number of nitrogens with one attached hydrogen (secondary N) is 2. The molecule has 0 aliphatic heterocycles. The highest BCUT2D eigenvalue weighted by molar-refractivity contribution is 7.99. The first-order valence-electron chi connectivity index (χ1n) is 8.23. The van der Waals surface area contributed by atoms with E-state index >= 15 is 0 Å². The van der Waals surface area contributed by atoms with Crippen molar-refractivity contribution in [3.63, 3.8) is 0 Å². The van der Waals surface area contributed by atoms with E-state index in [4.69, 9.17) is 5.84 Å². The number of thioether (sulfide) groups is 1. The number of anilines is 2. The molecule has 0 aliphatic carbocycles. The van der Waals surface area contributed by atoms with Crippen LogP contribution >= 0.6 is 11.8 Å². The molecule has 29 heavy (non-hydrogen) atoms. The summed E-state index contributed by atoms with van der Waals surface area (Å²) in [6, 6.07) is 6.90. The fourth-order valence-electron chi connectivity index (χ4n) is 2.17. The minimum absolute atomic E-state index is 0.154. The molecule has 0 bridgehead atoms. The standard InChI is InChI=1S/C17H16F2N8OS/c1-10(11-5-7-21-8-6-11)23-24-16-25-26-17(27(16)20)29-9-14(28)22-15-12(18)3-2-4-13(15)19/h2-8H,9,20H2,1H3,(H,22,28)(H,24,25)/b23-10+. The summed E-state index contributed by atoms with van der Waals surface area (Å²) in [5, 5.41) is 14.3. The molecule has 4 N–H and O–H groups in total. The van der Waals surface area contributed by atoms with E-state index in [-0.39, 0.29) is 16.9 Å². The van der Waals surface area contributed by atoms with Gasteiger partial charge in [-0.3, -0.25) is 9.78 Å². The van der Waals surface area contributed by atoms with Gasteiger partial charge in [-0.15, -0.1) is 10.2 Å². The van der Waals surface area contributed by atoms with E-state index < -0.39 is 23.2 Å². The Morgan fingerprint density at radius 1 is 1.21 bits per heavy atom. The first-order chi connectivity index (χ1) is 14.0. The molecule has 0 radical (unpaired) electrons. The maximum absolute atomic E-state index is 13.6. The third-order valence-electron chi connectivity index (χ3n) is 3.65. The van der Waals surface area contributed by atoms with Crippen LogP contribution in [0.4, 0.5) is 20.4 Å². The van der Waals surface area contributed by atoms with Crippen molar-refractivity contribution in [2.24, 2.45) is 5.10 Å². The number of nitrogens with two attached hydrogens (primary N) is 1. The molecule has 1 aromatic carbocycles. The predicted molar refractivity (Wildman–Crippen MR) is 106 cm³/mol. The van der Waals surface area contributed by atoms with Gasteiger partial charge < -0.3 is 11.2 Å². The molecule has 9 nitrogen and oxygen atoms in total. The molecule has 1 amide bonds. The molecule has 0 fully saturated rings. The van der Waals surface area contributed by atoms with E-state index in [0.717, 1.165) is 34.1 Å². The van der Waals surface area contributed by atoms with Gasteiger partial charge in [-0.05, 0) is 31.2 Å². The Bertz CT molecular complexity index is 1020. The van der Waals surface area contributed by atoms with Gasteiger partial charge in [-0.2, -0.15) is 5.10 Å². The monoisotopic (exact) mass is 418 g/mol. The summed E-state index contributed by atoms with van der Waals surface area (Å²) in [7, 11) is 0. The third kappa shape index (κ3) is 5.04. The van der Waals surface area contributed by atoms with Crippen LogP contribution in [0.2, 0.25) is 0 Å². The van der Waals surface area contributed by atoms with Crippen LogP contribution in [-0.2, 0) is 4.79 Å². The fraction of sp³-hybridized carbons (Fsp3) is 0.118. The number of aromatic nitrogens is 4. The second-order valence-electron chi connectivity index (χ2n) is 5.65. The van der Waals surface area contributed by atoms with Crippen molar-refractivity contribution < 1.29 is 13.6 Å². The largest absolute Gasteiger partial charge is 0.334 e. The smallest absolute Gasteiger partial charge is 0.264 e. The van der Waals surface area contributed by atoms with Crippen molar-refractivity contribution in [2.75, 3.05) is 22.3 Å². The Kier molecular flexibility index (Phi) is 6.34. The number of para-hydroxylation sites is 1. The lowest BCUT2D eigenvalue weighted by molar-refractivity contribution is -0.113. The van der Waals surface area contributed by atoms with Crippen LogP contribution in [0.3, 0.4) is 0 Å². The lowest BCUT2D eigenvalue weighted by atomic mass is 10.2. The van der Waals surface area contributed by atoms with E-state index in [1.165, 1.54) is 6.07 Å². The molecular formula is C17H16F2N8OS. The molecule has 0 atom stereocenters. The number of hydrogen-bond donors (Lipinski definition) is 3. The number of pyridine rings is 1. The molecule has 150 valence electrons. The molecule has 0 unspecified atom stereocenters. The predicted octanol–water partition coefficient (Wildman–Crippen LogP) is 2.23. The van der Waals surface area contributed by atoms with Crippen LogP contribution in [0.1, 0.15) is 12.5 Å². The van der Waals surface area contributed by atoms with Gasteiger partial charge in [-0.1, -0.05) is 17.8 Å². The van der Waals surface area contributed by atoms with Crippen molar-refractivity contribution in [3.05, 3.63) is 59.9 Å². The van der Waals surface area contributed by atoms with E-state index in [2.05, 4.69) is 31.0 Å². The fourth-order valence-corrected chi connectivity index (χ4v) is 2.82. The highest BCUT2D eigenvalue weighted by Crippen LogP contribution is 2.20. The van der Waals surface area contributed by atoms with Gasteiger partial charge in [0, 0.05) is 18.0 Å². The normalized spacial score (nSPS) is 11.3. The average Bonchev–Trinajstić information content (AvgIpc) is 3.07. The van der Waals surface area contributed by atoms with Crippen molar-refractivity contribution in [1.82, 2.24) is 19.9 Å². The van der Waals surface area contributed by atoms with Crippen molar-refractivity contribution >= 4 is 35.0 Å². The lowest BCUT2D eigenvalue weighted by Crippen LogP contribution is -2.18. The first kappa shape index (κ1) is 20.2. The SMILES string of the molecule is C/C(=N\Nc1nnc(SCC(=O)Nc2c(F)cccc2F)n1N)c1ccncc1. The maximum Gasteiger partial charge on any atom is 0.264 e. The van der Waals surface area contributed by atoms with Crippen LogP contribution in [-0.4, -0.2) is 37.2 Å². The molecular weight excluding hydrogens is 402 g/mol. The molecule has 2 aromatic heterocycles. The molecule has 0 saturated heterocycles. The minimum atomic E-state index is -0.862. The molecule has 0 spiro atoms. The summed E-state index contributed by atoms with van der Waals surface area (Å²) in [6.07, 6.45) is 3.29. The number of nitrogens with zero attached hydrogens (tertiary/aromatic N) is 5. The summed E-state index contributed by atoms with van der Waals surface area (Å²) >= 11 is 0.948. The number of halogens is 2. The summed E-state index contributed by atoms with van der Waals surface area (Å²) in [5.41, 5.74) is 3.73. The Balaban J connectivity index is 1.59. The second-order valence-corrected chi connectivity index (χ2v) is 6.60. The van der Waals surface area contributed by atoms with E-state index in [0.29, 0.717) is 5.71 Å². The molecule has 0 saturated carbocycles. The van der Waals surface area contributed by atoms with Crippen LogP contribution in [0, 0.1) is 11.6 Å². The van der Waals surface area contributed by atoms with Gasteiger partial charge in [0.2, 0.25) is 11.1 Å². The first-order valence-corrected chi connectivity index (χ1v) is 9.22. The third-order valence-corrected chi connectivity index (χ3v) is 4.59. The quantitative estimate of drug-likeness (QED) is 0.233. The number of benzene rings is 1. The van der Waals surface area contributed by atoms with Crippen LogP contribution in [0.15, 0.2) is 53.0 Å². The number of carbonyl (C=O) groups excluding carboxylic acids is 1. The van der Waals surface area contributed by atoms with Crippen LogP contribution in [0.5, 0.6) is 0 Å². The molecule has 0 aliphatic rings. The zero-order valence-electron chi connectivity index (χ0n) is 15.1. The number of hydrazone groups is 1. The van der Waals surface area contributed by atoms with E-state index in [1.807, 2.05) is 0 Å². The summed E-state index contributed by atoms with van der Waals surface area (Å²) in [4.78, 5) is 15.9. The lowest BCUT2D eigenvalue weighted by Gasteiger charge is -2.07. The number of amides is 1. The molecule has 3 rings (SSSR count). The average molecular weight is 418 g/mol. The van der Waals surface area contributed by atoms with Crippen molar-refractivity contribution in [2.45, 2.75) is 12.1 Å². The molecule has 2 heterocycles. The minimum Gasteiger partial charge on any atom is -0.334 e. The van der Waals surface area contributed by atoms with E-state index in [1.54, 1.807) is 31.5 Å². The van der Waals surface area contributed by atoms with E-state index in [9.17, 15) is 13.6 Å². The Morgan fingerprint density at radius 2 is 1.90 bits per heavy atom. The van der Waals surface area contributed by atoms with Gasteiger partial charge >= 0.3 is 0 Å². The highest BCUT2D eigenvalue weighted by atomic mass is 32.2. The zero-order valence-corrected chi connectivity index (χ0v) is 16.0. The van der Waals surface area contributed by atoms with Gasteiger partial charge in [0.05, 0.1) is 11.5 Å². The van der Waals surface area contributed by atoms with Crippen molar-refractivity contribution in [1.29, 1.82) is 0 Å². The van der Waals surface area contributed by atoms with Gasteiger partial charge in [0.25, 0.3) is 5.95 Å². The van der Waals surface area contributed by atoms with Gasteiger partial charge in [0.15, 0.2) is 0 Å². The van der Waals surface area contributed by atoms with Gasteiger partial charge in [-0.25, -0.2) is 18.9 Å². The number of rotatable bonds is 7. The van der Waals surface area contributed by atoms with Gasteiger partial charge in [0.1, 0.15) is 17.3 Å². The number of carbonyl (C=O) groups is 1. The summed E-state index contributed by atoms with van der Waals surface area (Å²) in [6.45, 7) is 1.79. The summed E-state index contributed by atoms with van der Waals surface area (Å²) < 4.78 is 28.3. The van der Waals surface area contributed by atoms with Crippen molar-refractivity contribution in [3.8, 4) is 0 Å².